The SMILES string of the molecule is CC(CNC(=O)NC(C)(C)C)c1ccccc1. The molecule has 1 atom stereocenters. The quantitative estimate of drug-likeness (QED) is 0.829. The molecule has 17 heavy (non-hydrogen) atoms. The van der Waals surface area contributed by atoms with Gasteiger partial charge in [-0.1, -0.05) is 37.3 Å². The second-order valence-electron chi connectivity index (χ2n) is 5.40. The molecule has 0 fully saturated rings. The Labute approximate surface area is 104 Å². The minimum Gasteiger partial charge on any atom is -0.338 e. The van der Waals surface area contributed by atoms with E-state index < -0.39 is 0 Å². The topological polar surface area (TPSA) is 41.1 Å². The van der Waals surface area contributed by atoms with E-state index in [0.29, 0.717) is 12.5 Å². The lowest BCUT2D eigenvalue weighted by atomic mass is 10.0. The minimum absolute atomic E-state index is 0.111. The van der Waals surface area contributed by atoms with Crippen LogP contribution in [0.3, 0.4) is 0 Å². The summed E-state index contributed by atoms with van der Waals surface area (Å²) in [4.78, 5) is 11.6. The Morgan fingerprint density at radius 3 is 2.35 bits per heavy atom. The first kappa shape index (κ1) is 13.6. The van der Waals surface area contributed by atoms with Gasteiger partial charge in [0.15, 0.2) is 0 Å². The molecule has 2 N–H and O–H groups in total. The summed E-state index contributed by atoms with van der Waals surface area (Å²) in [5, 5.41) is 5.76. The molecule has 3 heteroatoms. The van der Waals surface area contributed by atoms with Crippen LogP contribution in [0.1, 0.15) is 39.2 Å². The standard InChI is InChI=1S/C14H22N2O/c1-11(12-8-6-5-7-9-12)10-15-13(17)16-14(2,3)4/h5-9,11H,10H2,1-4H3,(H2,15,16,17). The maximum absolute atomic E-state index is 11.6. The van der Waals surface area contributed by atoms with Crippen molar-refractivity contribution >= 4 is 6.03 Å². The molecule has 1 rings (SSSR count). The zero-order valence-electron chi connectivity index (χ0n) is 11.1. The van der Waals surface area contributed by atoms with E-state index in [9.17, 15) is 4.79 Å². The molecule has 0 aliphatic rings. The fourth-order valence-corrected chi connectivity index (χ4v) is 1.53. The third-order valence-corrected chi connectivity index (χ3v) is 2.43. The highest BCUT2D eigenvalue weighted by Crippen LogP contribution is 2.12. The van der Waals surface area contributed by atoms with Gasteiger partial charge < -0.3 is 10.6 Å². The van der Waals surface area contributed by atoms with Crippen molar-refractivity contribution in [1.82, 2.24) is 10.6 Å². The highest BCUT2D eigenvalue weighted by Gasteiger charge is 2.14. The summed E-state index contributed by atoms with van der Waals surface area (Å²) >= 11 is 0. The first-order chi connectivity index (χ1) is 7.88. The number of carbonyl (C=O) groups is 1. The average molecular weight is 234 g/mol. The van der Waals surface area contributed by atoms with Gasteiger partial charge in [-0.05, 0) is 32.3 Å². The normalized spacial score (nSPS) is 12.9. The van der Waals surface area contributed by atoms with Gasteiger partial charge >= 0.3 is 6.03 Å². The van der Waals surface area contributed by atoms with E-state index in [1.807, 2.05) is 39.0 Å². The molecule has 0 bridgehead atoms. The number of benzene rings is 1. The smallest absolute Gasteiger partial charge is 0.315 e. The van der Waals surface area contributed by atoms with Gasteiger partial charge in [0.25, 0.3) is 0 Å². The molecule has 0 saturated heterocycles. The number of nitrogens with one attached hydrogen (secondary N) is 2. The largest absolute Gasteiger partial charge is 0.338 e. The van der Waals surface area contributed by atoms with Crippen molar-refractivity contribution < 1.29 is 4.79 Å². The van der Waals surface area contributed by atoms with Crippen LogP contribution in [0.25, 0.3) is 0 Å². The Hall–Kier alpha value is -1.51. The van der Waals surface area contributed by atoms with Crippen molar-refractivity contribution in [1.29, 1.82) is 0 Å². The zero-order valence-corrected chi connectivity index (χ0v) is 11.1. The van der Waals surface area contributed by atoms with Crippen LogP contribution in [0, 0.1) is 0 Å². The van der Waals surface area contributed by atoms with Crippen molar-refractivity contribution in [3.05, 3.63) is 35.9 Å². The lowest BCUT2D eigenvalue weighted by molar-refractivity contribution is 0.231. The molecule has 1 aromatic carbocycles. The number of urea groups is 1. The monoisotopic (exact) mass is 234 g/mol. The number of carbonyl (C=O) groups excluding carboxylic acids is 1. The number of hydrogen-bond acceptors (Lipinski definition) is 1. The fraction of sp³-hybridized carbons (Fsp3) is 0.500. The molecule has 1 unspecified atom stereocenters. The Bertz CT molecular complexity index is 354. The molecule has 0 aliphatic heterocycles. The maximum Gasteiger partial charge on any atom is 0.315 e. The van der Waals surface area contributed by atoms with E-state index in [2.05, 4.69) is 29.7 Å². The highest BCUT2D eigenvalue weighted by molar-refractivity contribution is 5.74. The lowest BCUT2D eigenvalue weighted by Gasteiger charge is -2.21. The summed E-state index contributed by atoms with van der Waals surface area (Å²) < 4.78 is 0. The predicted octanol–water partition coefficient (Wildman–Crippen LogP) is 2.89. The molecular weight excluding hydrogens is 212 g/mol. The van der Waals surface area contributed by atoms with Crippen LogP contribution >= 0.6 is 0 Å². The molecule has 0 heterocycles. The summed E-state index contributed by atoms with van der Waals surface area (Å²) in [6.45, 7) is 8.65. The van der Waals surface area contributed by atoms with E-state index in [4.69, 9.17) is 0 Å². The van der Waals surface area contributed by atoms with Crippen LogP contribution in [-0.4, -0.2) is 18.1 Å². The zero-order chi connectivity index (χ0) is 12.9. The molecule has 1 aromatic rings. The van der Waals surface area contributed by atoms with E-state index in [1.165, 1.54) is 5.56 Å². The molecular formula is C14H22N2O. The molecule has 3 nitrogen and oxygen atoms in total. The van der Waals surface area contributed by atoms with Crippen molar-refractivity contribution in [2.75, 3.05) is 6.54 Å². The average Bonchev–Trinajstić information content (AvgIpc) is 2.25. The molecule has 0 spiro atoms. The molecule has 0 radical (unpaired) electrons. The van der Waals surface area contributed by atoms with Crippen molar-refractivity contribution in [3.8, 4) is 0 Å². The fourth-order valence-electron chi connectivity index (χ4n) is 1.53. The van der Waals surface area contributed by atoms with Gasteiger partial charge in [-0.2, -0.15) is 0 Å². The number of hydrogen-bond donors (Lipinski definition) is 2. The summed E-state index contributed by atoms with van der Waals surface area (Å²) in [6, 6.07) is 10.1. The Morgan fingerprint density at radius 1 is 1.24 bits per heavy atom. The summed E-state index contributed by atoms with van der Waals surface area (Å²) in [5.41, 5.74) is 1.05. The van der Waals surface area contributed by atoms with Crippen LogP contribution in [0.5, 0.6) is 0 Å². The van der Waals surface area contributed by atoms with Crippen LogP contribution in [0.2, 0.25) is 0 Å². The molecule has 0 aliphatic carbocycles. The van der Waals surface area contributed by atoms with Gasteiger partial charge in [0.05, 0.1) is 0 Å². The van der Waals surface area contributed by atoms with Crippen molar-refractivity contribution in [2.24, 2.45) is 0 Å². The summed E-state index contributed by atoms with van der Waals surface area (Å²) in [7, 11) is 0. The van der Waals surface area contributed by atoms with Gasteiger partial charge in [0, 0.05) is 12.1 Å². The van der Waals surface area contributed by atoms with Gasteiger partial charge in [-0.3, -0.25) is 0 Å². The van der Waals surface area contributed by atoms with Crippen LogP contribution < -0.4 is 10.6 Å². The van der Waals surface area contributed by atoms with E-state index in [0.717, 1.165) is 0 Å². The second kappa shape index (κ2) is 5.71. The van der Waals surface area contributed by atoms with Crippen LogP contribution in [0.15, 0.2) is 30.3 Å². The van der Waals surface area contributed by atoms with Gasteiger partial charge in [-0.15, -0.1) is 0 Å². The molecule has 0 saturated carbocycles. The van der Waals surface area contributed by atoms with Crippen LogP contribution in [-0.2, 0) is 0 Å². The van der Waals surface area contributed by atoms with Crippen molar-refractivity contribution in [2.45, 2.75) is 39.2 Å². The number of rotatable bonds is 3. The second-order valence-corrected chi connectivity index (χ2v) is 5.40. The Balaban J connectivity index is 2.39. The Kier molecular flexibility index (Phi) is 4.55. The predicted molar refractivity (Wildman–Crippen MR) is 71.1 cm³/mol. The van der Waals surface area contributed by atoms with E-state index in [-0.39, 0.29) is 11.6 Å². The maximum atomic E-state index is 11.6. The van der Waals surface area contributed by atoms with E-state index in [1.54, 1.807) is 0 Å². The molecule has 2 amide bonds. The Morgan fingerprint density at radius 2 is 1.82 bits per heavy atom. The first-order valence-electron chi connectivity index (χ1n) is 5.99. The molecule has 0 aromatic heterocycles. The van der Waals surface area contributed by atoms with Crippen molar-refractivity contribution in [3.63, 3.8) is 0 Å². The van der Waals surface area contributed by atoms with Gasteiger partial charge in [0.2, 0.25) is 0 Å². The van der Waals surface area contributed by atoms with E-state index >= 15 is 0 Å². The highest BCUT2D eigenvalue weighted by atomic mass is 16.2. The van der Waals surface area contributed by atoms with Gasteiger partial charge in [0.1, 0.15) is 0 Å². The minimum atomic E-state index is -0.194. The first-order valence-corrected chi connectivity index (χ1v) is 5.99. The number of amides is 2. The summed E-state index contributed by atoms with van der Waals surface area (Å²) in [5.74, 6) is 0.321. The third-order valence-electron chi connectivity index (χ3n) is 2.43. The van der Waals surface area contributed by atoms with Gasteiger partial charge in [-0.25, -0.2) is 4.79 Å². The van der Waals surface area contributed by atoms with Crippen LogP contribution in [0.4, 0.5) is 4.79 Å². The lowest BCUT2D eigenvalue weighted by Crippen LogP contribution is -2.47. The molecule has 94 valence electrons. The summed E-state index contributed by atoms with van der Waals surface area (Å²) in [6.07, 6.45) is 0. The third kappa shape index (κ3) is 5.38.